The van der Waals surface area contributed by atoms with E-state index >= 15 is 0 Å². The maximum atomic E-state index is 12.9. The van der Waals surface area contributed by atoms with E-state index in [0.717, 1.165) is 42.3 Å². The Balaban J connectivity index is 1.58. The van der Waals surface area contributed by atoms with Crippen molar-refractivity contribution in [1.29, 1.82) is 0 Å². The molecule has 144 valence electrons. The van der Waals surface area contributed by atoms with Gasteiger partial charge in [0, 0.05) is 24.9 Å². The lowest BCUT2D eigenvalue weighted by Gasteiger charge is -2.24. The summed E-state index contributed by atoms with van der Waals surface area (Å²) in [7, 11) is 0. The number of aromatic nitrogens is 4. The number of hydrogen-bond donors (Lipinski definition) is 0. The highest BCUT2D eigenvalue weighted by molar-refractivity contribution is 5.79. The Morgan fingerprint density at radius 2 is 2.04 bits per heavy atom. The van der Waals surface area contributed by atoms with E-state index in [4.69, 9.17) is 4.98 Å². The number of carbonyl (C=O) groups excluding carboxylic acids is 1. The molecule has 1 fully saturated rings. The van der Waals surface area contributed by atoms with Crippen molar-refractivity contribution in [3.05, 3.63) is 72.2 Å². The zero-order chi connectivity index (χ0) is 19.5. The van der Waals surface area contributed by atoms with Gasteiger partial charge in [-0.15, -0.1) is 0 Å². The number of benzene rings is 1. The third-order valence-electron chi connectivity index (χ3n) is 5.19. The van der Waals surface area contributed by atoms with Gasteiger partial charge in [-0.3, -0.25) is 14.3 Å². The Hall–Kier alpha value is -3.02. The van der Waals surface area contributed by atoms with Crippen molar-refractivity contribution in [2.24, 2.45) is 0 Å². The number of carbonyl (C=O) groups is 1. The molecule has 0 spiro atoms. The Morgan fingerprint density at radius 3 is 2.82 bits per heavy atom. The summed E-state index contributed by atoms with van der Waals surface area (Å²) in [5, 5.41) is 0. The van der Waals surface area contributed by atoms with Crippen LogP contribution in [-0.4, -0.2) is 36.9 Å². The van der Waals surface area contributed by atoms with E-state index in [1.165, 1.54) is 0 Å². The van der Waals surface area contributed by atoms with Crippen LogP contribution >= 0.6 is 0 Å². The van der Waals surface area contributed by atoms with Crippen LogP contribution in [0.5, 0.6) is 0 Å². The number of amides is 1. The summed E-state index contributed by atoms with van der Waals surface area (Å²) in [6.45, 7) is 4.98. The second kappa shape index (κ2) is 7.92. The summed E-state index contributed by atoms with van der Waals surface area (Å²) in [6.07, 6.45) is 9.56. The van der Waals surface area contributed by atoms with Crippen LogP contribution in [0.2, 0.25) is 0 Å². The molecule has 3 aromatic rings. The van der Waals surface area contributed by atoms with Gasteiger partial charge in [0.05, 0.1) is 30.6 Å². The summed E-state index contributed by atoms with van der Waals surface area (Å²) in [6, 6.07) is 9.88. The van der Waals surface area contributed by atoms with Gasteiger partial charge in [0.25, 0.3) is 0 Å². The summed E-state index contributed by atoms with van der Waals surface area (Å²) < 4.78 is 1.98. The topological polar surface area (TPSA) is 63.9 Å². The first-order valence-corrected chi connectivity index (χ1v) is 9.82. The zero-order valence-electron chi connectivity index (χ0n) is 16.3. The average Bonchev–Trinajstić information content (AvgIpc) is 3.39. The summed E-state index contributed by atoms with van der Waals surface area (Å²) in [5.74, 6) is 2.14. The maximum absolute atomic E-state index is 12.9. The molecule has 1 saturated heterocycles. The van der Waals surface area contributed by atoms with Crippen LogP contribution < -0.4 is 0 Å². The molecular formula is C22H25N5O. The van der Waals surface area contributed by atoms with Crippen LogP contribution in [0, 0.1) is 0 Å². The predicted molar refractivity (Wildman–Crippen MR) is 107 cm³/mol. The monoisotopic (exact) mass is 375 g/mol. The first-order valence-electron chi connectivity index (χ1n) is 9.82. The highest BCUT2D eigenvalue weighted by Gasteiger charge is 2.31. The van der Waals surface area contributed by atoms with Crippen molar-refractivity contribution in [2.75, 3.05) is 6.54 Å². The standard InChI is InChI=1S/C22H25N5O/c1-16(2)22-24-10-12-27(22)20-15-23-14-18(25-20)19-9-6-11-26(19)21(28)13-17-7-4-3-5-8-17/h3-5,7-8,10,12,14-16,19H,6,9,11,13H2,1-2H3/t19-/m0/s1. The Labute approximate surface area is 165 Å². The molecule has 28 heavy (non-hydrogen) atoms. The van der Waals surface area contributed by atoms with Crippen molar-refractivity contribution in [3.8, 4) is 5.82 Å². The molecule has 1 atom stereocenters. The van der Waals surface area contributed by atoms with Crippen molar-refractivity contribution in [2.45, 2.75) is 45.1 Å². The van der Waals surface area contributed by atoms with Gasteiger partial charge in [0.15, 0.2) is 5.82 Å². The normalized spacial score (nSPS) is 16.7. The molecule has 0 aliphatic carbocycles. The van der Waals surface area contributed by atoms with Crippen molar-refractivity contribution in [1.82, 2.24) is 24.4 Å². The van der Waals surface area contributed by atoms with Crippen LogP contribution in [0.15, 0.2) is 55.1 Å². The summed E-state index contributed by atoms with van der Waals surface area (Å²) in [5.41, 5.74) is 1.89. The highest BCUT2D eigenvalue weighted by atomic mass is 16.2. The Bertz CT molecular complexity index is 950. The Kier molecular flexibility index (Phi) is 5.19. The van der Waals surface area contributed by atoms with Gasteiger partial charge in [-0.25, -0.2) is 9.97 Å². The van der Waals surface area contributed by atoms with Crippen LogP contribution in [0.4, 0.5) is 0 Å². The molecule has 1 aliphatic heterocycles. The summed E-state index contributed by atoms with van der Waals surface area (Å²) in [4.78, 5) is 28.6. The molecular weight excluding hydrogens is 350 g/mol. The van der Waals surface area contributed by atoms with Crippen LogP contribution in [0.3, 0.4) is 0 Å². The SMILES string of the molecule is CC(C)c1nccn1-c1cncc([C@@H]2CCCN2C(=O)Cc2ccccc2)n1. The van der Waals surface area contributed by atoms with Gasteiger partial charge in [0.1, 0.15) is 5.82 Å². The lowest BCUT2D eigenvalue weighted by atomic mass is 10.1. The van der Waals surface area contributed by atoms with Crippen LogP contribution in [0.1, 0.15) is 55.7 Å². The fraction of sp³-hybridized carbons (Fsp3) is 0.364. The molecule has 0 saturated carbocycles. The van der Waals surface area contributed by atoms with E-state index in [2.05, 4.69) is 23.8 Å². The Morgan fingerprint density at radius 1 is 1.21 bits per heavy atom. The largest absolute Gasteiger partial charge is 0.334 e. The van der Waals surface area contributed by atoms with E-state index in [-0.39, 0.29) is 17.9 Å². The minimum Gasteiger partial charge on any atom is -0.334 e. The maximum Gasteiger partial charge on any atom is 0.227 e. The fourth-order valence-electron chi connectivity index (χ4n) is 3.83. The molecule has 2 aromatic heterocycles. The third kappa shape index (κ3) is 3.67. The van der Waals surface area contributed by atoms with Gasteiger partial charge in [-0.05, 0) is 18.4 Å². The second-order valence-corrected chi connectivity index (χ2v) is 7.52. The minimum atomic E-state index is -0.0188. The molecule has 0 N–H and O–H groups in total. The predicted octanol–water partition coefficient (Wildman–Crippen LogP) is 3.69. The molecule has 4 rings (SSSR count). The average molecular weight is 375 g/mol. The zero-order valence-corrected chi connectivity index (χ0v) is 16.3. The van der Waals surface area contributed by atoms with Crippen LogP contribution in [-0.2, 0) is 11.2 Å². The number of nitrogens with zero attached hydrogens (tertiary/aromatic N) is 5. The van der Waals surface area contributed by atoms with E-state index in [1.54, 1.807) is 18.6 Å². The van der Waals surface area contributed by atoms with Gasteiger partial charge in [-0.1, -0.05) is 44.2 Å². The number of rotatable bonds is 5. The number of hydrogen-bond acceptors (Lipinski definition) is 4. The van der Waals surface area contributed by atoms with E-state index in [0.29, 0.717) is 6.42 Å². The lowest BCUT2D eigenvalue weighted by Crippen LogP contribution is -2.32. The molecule has 1 aliphatic rings. The third-order valence-corrected chi connectivity index (χ3v) is 5.19. The van der Waals surface area contributed by atoms with Gasteiger partial charge in [-0.2, -0.15) is 0 Å². The molecule has 0 unspecified atom stereocenters. The van der Waals surface area contributed by atoms with E-state index in [1.807, 2.05) is 46.0 Å². The number of imidazole rings is 1. The second-order valence-electron chi connectivity index (χ2n) is 7.52. The van der Waals surface area contributed by atoms with Gasteiger partial charge >= 0.3 is 0 Å². The molecule has 1 aromatic carbocycles. The summed E-state index contributed by atoms with van der Waals surface area (Å²) >= 11 is 0. The lowest BCUT2D eigenvalue weighted by molar-refractivity contribution is -0.131. The highest BCUT2D eigenvalue weighted by Crippen LogP contribution is 2.31. The van der Waals surface area contributed by atoms with Crippen molar-refractivity contribution < 1.29 is 4.79 Å². The first-order chi connectivity index (χ1) is 13.6. The molecule has 3 heterocycles. The molecule has 0 radical (unpaired) electrons. The fourth-order valence-corrected chi connectivity index (χ4v) is 3.83. The number of likely N-dealkylation sites (tertiary alicyclic amines) is 1. The smallest absolute Gasteiger partial charge is 0.227 e. The van der Waals surface area contributed by atoms with E-state index in [9.17, 15) is 4.79 Å². The van der Waals surface area contributed by atoms with E-state index < -0.39 is 0 Å². The molecule has 6 nitrogen and oxygen atoms in total. The quantitative estimate of drug-likeness (QED) is 0.682. The van der Waals surface area contributed by atoms with Crippen molar-refractivity contribution >= 4 is 5.91 Å². The minimum absolute atomic E-state index is 0.0188. The van der Waals surface area contributed by atoms with Crippen LogP contribution in [0.25, 0.3) is 5.82 Å². The first kappa shape index (κ1) is 18.3. The molecule has 6 heteroatoms. The van der Waals surface area contributed by atoms with Crippen molar-refractivity contribution in [3.63, 3.8) is 0 Å². The molecule has 1 amide bonds. The van der Waals surface area contributed by atoms with Gasteiger partial charge < -0.3 is 4.90 Å². The van der Waals surface area contributed by atoms with Gasteiger partial charge in [0.2, 0.25) is 5.91 Å². The molecule has 0 bridgehead atoms.